The second-order valence-electron chi connectivity index (χ2n) is 9.53. The Morgan fingerprint density at radius 2 is 1.86 bits per heavy atom. The van der Waals surface area contributed by atoms with Gasteiger partial charge in [0.25, 0.3) is 0 Å². The lowest BCUT2D eigenvalue weighted by molar-refractivity contribution is -0.128. The number of nitrogens with zero attached hydrogens (tertiary/aromatic N) is 4. The van der Waals surface area contributed by atoms with Crippen LogP contribution in [-0.2, 0) is 29.2 Å². The van der Waals surface area contributed by atoms with E-state index in [0.29, 0.717) is 37.8 Å². The fourth-order valence-electron chi connectivity index (χ4n) is 4.87. The van der Waals surface area contributed by atoms with E-state index in [1.54, 1.807) is 0 Å². The maximum atomic E-state index is 12.8. The molecule has 0 bridgehead atoms. The van der Waals surface area contributed by atoms with Crippen molar-refractivity contribution in [3.05, 3.63) is 70.0 Å². The third-order valence-corrected chi connectivity index (χ3v) is 7.36. The Hall–Kier alpha value is -3.04. The van der Waals surface area contributed by atoms with Crippen LogP contribution in [0.1, 0.15) is 42.7 Å². The number of carbonyl (C=O) groups excluding carboxylic acids is 2. The van der Waals surface area contributed by atoms with Crippen LogP contribution in [0.15, 0.2) is 57.5 Å². The molecule has 3 heterocycles. The van der Waals surface area contributed by atoms with Crippen LogP contribution in [0.2, 0.25) is 0 Å². The highest BCUT2D eigenvalue weighted by molar-refractivity contribution is 9.10. The van der Waals surface area contributed by atoms with Crippen molar-refractivity contribution in [2.75, 3.05) is 19.6 Å². The van der Waals surface area contributed by atoms with Gasteiger partial charge in [-0.1, -0.05) is 57.5 Å². The van der Waals surface area contributed by atoms with E-state index < -0.39 is 0 Å². The number of nitrogens with one attached hydrogen (secondary N) is 1. The molecule has 0 spiro atoms. The summed E-state index contributed by atoms with van der Waals surface area (Å²) in [4.78, 5) is 33.4. The molecule has 2 saturated heterocycles. The van der Waals surface area contributed by atoms with Crippen molar-refractivity contribution in [2.24, 2.45) is 5.92 Å². The fraction of sp³-hybridized carbons (Fsp3) is 0.407. The lowest BCUT2D eigenvalue weighted by atomic mass is 9.96. The molecular weight excluding hydrogens is 522 g/mol. The highest BCUT2D eigenvalue weighted by Crippen LogP contribution is 2.23. The highest BCUT2D eigenvalue weighted by Gasteiger charge is 2.26. The molecule has 2 aliphatic rings. The van der Waals surface area contributed by atoms with Crippen molar-refractivity contribution in [2.45, 2.75) is 45.3 Å². The van der Waals surface area contributed by atoms with Gasteiger partial charge in [-0.2, -0.15) is 4.98 Å². The number of halogens is 1. The van der Waals surface area contributed by atoms with E-state index in [-0.39, 0.29) is 17.7 Å². The molecule has 0 radical (unpaired) electrons. The van der Waals surface area contributed by atoms with Crippen molar-refractivity contribution >= 4 is 27.7 Å². The molecule has 2 amide bonds. The van der Waals surface area contributed by atoms with Crippen molar-refractivity contribution < 1.29 is 14.1 Å². The Morgan fingerprint density at radius 1 is 1.06 bits per heavy atom. The second-order valence-corrected chi connectivity index (χ2v) is 10.4. The molecule has 1 aromatic heterocycles. The van der Waals surface area contributed by atoms with Crippen LogP contribution in [0.3, 0.4) is 0 Å². The van der Waals surface area contributed by atoms with E-state index in [1.807, 2.05) is 47.4 Å². The van der Waals surface area contributed by atoms with Crippen LogP contribution in [0, 0.1) is 5.92 Å². The minimum Gasteiger partial charge on any atom is -0.352 e. The third kappa shape index (κ3) is 6.20. The molecule has 0 saturated carbocycles. The Labute approximate surface area is 219 Å². The molecule has 1 N–H and O–H groups in total. The number of hydrogen-bond acceptors (Lipinski definition) is 6. The number of rotatable bonds is 8. The first-order chi connectivity index (χ1) is 17.5. The van der Waals surface area contributed by atoms with Gasteiger partial charge in [-0.25, -0.2) is 0 Å². The zero-order valence-electron chi connectivity index (χ0n) is 20.2. The minimum absolute atomic E-state index is 0.00608. The third-order valence-electron chi connectivity index (χ3n) is 6.87. The van der Waals surface area contributed by atoms with Crippen molar-refractivity contribution in [1.29, 1.82) is 0 Å². The fourth-order valence-corrected chi connectivity index (χ4v) is 5.27. The predicted octanol–water partition coefficient (Wildman–Crippen LogP) is 4.15. The average molecular weight is 552 g/mol. The molecule has 0 unspecified atom stereocenters. The maximum absolute atomic E-state index is 12.8. The first kappa shape index (κ1) is 24.6. The number of piperidine rings is 1. The zero-order valence-corrected chi connectivity index (χ0v) is 21.7. The van der Waals surface area contributed by atoms with Gasteiger partial charge in [-0.3, -0.25) is 14.5 Å². The van der Waals surface area contributed by atoms with Crippen LogP contribution in [0.4, 0.5) is 0 Å². The van der Waals surface area contributed by atoms with Gasteiger partial charge in [-0.15, -0.1) is 0 Å². The van der Waals surface area contributed by atoms with Crippen LogP contribution in [-0.4, -0.2) is 51.4 Å². The van der Waals surface area contributed by atoms with Crippen LogP contribution < -0.4 is 5.32 Å². The highest BCUT2D eigenvalue weighted by atomic mass is 79.9. The molecule has 36 heavy (non-hydrogen) atoms. The normalized spacial score (nSPS) is 17.0. The van der Waals surface area contributed by atoms with Crippen molar-refractivity contribution in [1.82, 2.24) is 25.3 Å². The van der Waals surface area contributed by atoms with Gasteiger partial charge < -0.3 is 14.7 Å². The molecule has 2 aliphatic heterocycles. The van der Waals surface area contributed by atoms with Gasteiger partial charge in [-0.05, 0) is 55.6 Å². The van der Waals surface area contributed by atoms with Gasteiger partial charge >= 0.3 is 0 Å². The first-order valence-corrected chi connectivity index (χ1v) is 13.3. The maximum Gasteiger partial charge on any atom is 0.241 e. The van der Waals surface area contributed by atoms with Gasteiger partial charge in [0.15, 0.2) is 0 Å². The van der Waals surface area contributed by atoms with E-state index in [4.69, 9.17) is 4.52 Å². The number of benzene rings is 2. The van der Waals surface area contributed by atoms with Gasteiger partial charge in [0, 0.05) is 42.0 Å². The molecule has 3 aromatic rings. The lowest BCUT2D eigenvalue weighted by Gasteiger charge is -2.30. The van der Waals surface area contributed by atoms with E-state index in [1.165, 1.54) is 0 Å². The van der Waals surface area contributed by atoms with Gasteiger partial charge in [0.1, 0.15) is 0 Å². The summed E-state index contributed by atoms with van der Waals surface area (Å²) in [5.41, 5.74) is 3.07. The second kappa shape index (κ2) is 11.3. The number of carbonyl (C=O) groups is 2. The largest absolute Gasteiger partial charge is 0.352 e. The Balaban J connectivity index is 1.07. The summed E-state index contributed by atoms with van der Waals surface area (Å²) in [5, 5.41) is 7.22. The molecule has 9 heteroatoms. The summed E-state index contributed by atoms with van der Waals surface area (Å²) < 4.78 is 6.43. The van der Waals surface area contributed by atoms with Crippen LogP contribution in [0.25, 0.3) is 11.4 Å². The van der Waals surface area contributed by atoms with Gasteiger partial charge in [0.2, 0.25) is 23.5 Å². The molecule has 8 nitrogen and oxygen atoms in total. The Morgan fingerprint density at radius 3 is 2.64 bits per heavy atom. The standard InChI is InChI=1S/C27H30BrN5O3/c28-23-7-2-6-22(15-23)26-30-24(36-31-26)18-32-12-9-21(10-13-32)27(35)29-16-19-4-1-5-20(14-19)17-33-11-3-8-25(33)34/h1-2,4-7,14-15,21H,3,8-13,16-18H2,(H,29,35). The van der Waals surface area contributed by atoms with E-state index in [2.05, 4.69) is 42.4 Å². The summed E-state index contributed by atoms with van der Waals surface area (Å²) in [6, 6.07) is 16.0. The number of likely N-dealkylation sites (tertiary alicyclic amines) is 2. The molecule has 2 aromatic carbocycles. The Kier molecular flexibility index (Phi) is 7.77. The molecule has 2 fully saturated rings. The smallest absolute Gasteiger partial charge is 0.241 e. The number of hydrogen-bond donors (Lipinski definition) is 1. The lowest BCUT2D eigenvalue weighted by Crippen LogP contribution is -2.40. The average Bonchev–Trinajstić information content (AvgIpc) is 3.52. The SMILES string of the molecule is O=C(NCc1cccc(CN2CCCC2=O)c1)C1CCN(Cc2nc(-c3cccc(Br)c3)no2)CC1. The molecule has 0 atom stereocenters. The summed E-state index contributed by atoms with van der Waals surface area (Å²) in [6.45, 7) is 4.18. The van der Waals surface area contributed by atoms with Gasteiger partial charge in [0.05, 0.1) is 6.54 Å². The summed E-state index contributed by atoms with van der Waals surface area (Å²) in [6.07, 6.45) is 3.19. The first-order valence-electron chi connectivity index (χ1n) is 12.5. The Bertz CT molecular complexity index is 1220. The van der Waals surface area contributed by atoms with Crippen molar-refractivity contribution in [3.8, 4) is 11.4 Å². The van der Waals surface area contributed by atoms with Crippen molar-refractivity contribution in [3.63, 3.8) is 0 Å². The molecule has 188 valence electrons. The van der Waals surface area contributed by atoms with Crippen LogP contribution in [0.5, 0.6) is 0 Å². The summed E-state index contributed by atoms with van der Waals surface area (Å²) in [7, 11) is 0. The van der Waals surface area contributed by atoms with E-state index in [0.717, 1.165) is 60.1 Å². The monoisotopic (exact) mass is 551 g/mol. The topological polar surface area (TPSA) is 91.6 Å². The van der Waals surface area contributed by atoms with E-state index >= 15 is 0 Å². The van der Waals surface area contributed by atoms with E-state index in [9.17, 15) is 9.59 Å². The van der Waals surface area contributed by atoms with Crippen LogP contribution >= 0.6 is 15.9 Å². The predicted molar refractivity (Wildman–Crippen MR) is 138 cm³/mol. The summed E-state index contributed by atoms with van der Waals surface area (Å²) in [5.74, 6) is 1.50. The molecule has 5 rings (SSSR count). The quantitative estimate of drug-likeness (QED) is 0.452. The molecular formula is C27H30BrN5O3. The summed E-state index contributed by atoms with van der Waals surface area (Å²) >= 11 is 3.47. The number of aromatic nitrogens is 2. The molecule has 0 aliphatic carbocycles. The number of amides is 2. The minimum atomic E-state index is 0.00608. The zero-order chi connectivity index (χ0) is 24.9.